The van der Waals surface area contributed by atoms with Gasteiger partial charge in [0.1, 0.15) is 0 Å². The van der Waals surface area contributed by atoms with E-state index < -0.39 is 0 Å². The second-order valence-corrected chi connectivity index (χ2v) is 4.06. The van der Waals surface area contributed by atoms with Gasteiger partial charge in [0.25, 0.3) is 0 Å². The van der Waals surface area contributed by atoms with Crippen LogP contribution in [0, 0.1) is 6.92 Å². The number of carbonyl (C=O) groups is 1. The maximum atomic E-state index is 11.6. The molecule has 0 atom stereocenters. The molecule has 0 aliphatic carbocycles. The van der Waals surface area contributed by atoms with Crippen LogP contribution in [-0.4, -0.2) is 24.1 Å². The molecule has 0 aromatic carbocycles. The Hall–Kier alpha value is -1.13. The average molecular weight is 257 g/mol. The summed E-state index contributed by atoms with van der Waals surface area (Å²) in [5.41, 5.74) is 1.52. The molecule has 1 N–H and O–H groups in total. The molecule has 1 aromatic heterocycles. The molecule has 0 spiro atoms. The van der Waals surface area contributed by atoms with Crippen molar-refractivity contribution < 1.29 is 9.53 Å². The Balaban J connectivity index is 2.42. The molecule has 0 radical (unpaired) electrons. The number of hydrogen-bond acceptors (Lipinski definition) is 3. The molecular formula is C12H17ClN2O2. The van der Waals surface area contributed by atoms with Crippen molar-refractivity contribution in [3.05, 3.63) is 23.0 Å². The van der Waals surface area contributed by atoms with Crippen LogP contribution in [0.3, 0.4) is 0 Å². The van der Waals surface area contributed by atoms with E-state index in [2.05, 4.69) is 10.3 Å². The van der Waals surface area contributed by atoms with Crippen molar-refractivity contribution in [1.82, 2.24) is 4.98 Å². The Morgan fingerprint density at radius 2 is 2.35 bits per heavy atom. The number of aryl methyl sites for hydroxylation is 1. The SMILES string of the molecule is CCOCCCC(=O)Nc1cc(C)cnc1Cl. The molecule has 4 nitrogen and oxygen atoms in total. The summed E-state index contributed by atoms with van der Waals surface area (Å²) in [5.74, 6) is -0.0704. The maximum absolute atomic E-state index is 11.6. The average Bonchev–Trinajstić information content (AvgIpc) is 2.29. The van der Waals surface area contributed by atoms with E-state index in [1.807, 2.05) is 13.8 Å². The van der Waals surface area contributed by atoms with Crippen molar-refractivity contribution in [3.8, 4) is 0 Å². The van der Waals surface area contributed by atoms with Crippen molar-refractivity contribution in [3.63, 3.8) is 0 Å². The summed E-state index contributed by atoms with van der Waals surface area (Å²) in [4.78, 5) is 15.6. The van der Waals surface area contributed by atoms with Gasteiger partial charge in [-0.05, 0) is 31.9 Å². The molecule has 0 aliphatic heterocycles. The Kier molecular flexibility index (Phi) is 5.94. The smallest absolute Gasteiger partial charge is 0.224 e. The van der Waals surface area contributed by atoms with Gasteiger partial charge in [0.2, 0.25) is 5.91 Å². The summed E-state index contributed by atoms with van der Waals surface area (Å²) in [6.45, 7) is 5.10. The van der Waals surface area contributed by atoms with Gasteiger partial charge in [-0.3, -0.25) is 4.79 Å². The molecule has 0 bridgehead atoms. The van der Waals surface area contributed by atoms with Crippen LogP contribution in [0.15, 0.2) is 12.3 Å². The summed E-state index contributed by atoms with van der Waals surface area (Å²) >= 11 is 5.87. The van der Waals surface area contributed by atoms with Gasteiger partial charge >= 0.3 is 0 Å². The quantitative estimate of drug-likeness (QED) is 0.629. The second-order valence-electron chi connectivity index (χ2n) is 3.70. The first-order valence-electron chi connectivity index (χ1n) is 5.63. The highest BCUT2D eigenvalue weighted by atomic mass is 35.5. The van der Waals surface area contributed by atoms with Crippen LogP contribution < -0.4 is 5.32 Å². The van der Waals surface area contributed by atoms with Gasteiger partial charge in [0.15, 0.2) is 5.15 Å². The van der Waals surface area contributed by atoms with Crippen LogP contribution in [0.25, 0.3) is 0 Å². The molecule has 0 saturated carbocycles. The summed E-state index contributed by atoms with van der Waals surface area (Å²) in [5, 5.41) is 3.05. The fourth-order valence-electron chi connectivity index (χ4n) is 1.33. The van der Waals surface area contributed by atoms with Gasteiger partial charge in [-0.2, -0.15) is 0 Å². The highest BCUT2D eigenvalue weighted by Gasteiger charge is 2.06. The lowest BCUT2D eigenvalue weighted by Crippen LogP contribution is -2.13. The zero-order valence-electron chi connectivity index (χ0n) is 10.1. The molecule has 0 aliphatic rings. The number of hydrogen-bond donors (Lipinski definition) is 1. The lowest BCUT2D eigenvalue weighted by molar-refractivity contribution is -0.116. The number of halogens is 1. The lowest BCUT2D eigenvalue weighted by Gasteiger charge is -2.07. The maximum Gasteiger partial charge on any atom is 0.224 e. The highest BCUT2D eigenvalue weighted by Crippen LogP contribution is 2.19. The molecule has 1 aromatic rings. The first-order valence-corrected chi connectivity index (χ1v) is 6.01. The molecule has 0 unspecified atom stereocenters. The molecule has 1 rings (SSSR count). The van der Waals surface area contributed by atoms with Crippen LogP contribution in [0.2, 0.25) is 5.15 Å². The van der Waals surface area contributed by atoms with Gasteiger partial charge in [0.05, 0.1) is 5.69 Å². The minimum atomic E-state index is -0.0704. The summed E-state index contributed by atoms with van der Waals surface area (Å²) < 4.78 is 5.16. The van der Waals surface area contributed by atoms with Crippen molar-refractivity contribution in [2.45, 2.75) is 26.7 Å². The number of anilines is 1. The van der Waals surface area contributed by atoms with Crippen molar-refractivity contribution in [2.24, 2.45) is 0 Å². The van der Waals surface area contributed by atoms with E-state index in [1.54, 1.807) is 12.3 Å². The van der Waals surface area contributed by atoms with Crippen molar-refractivity contribution in [2.75, 3.05) is 18.5 Å². The van der Waals surface area contributed by atoms with Crippen LogP contribution in [0.5, 0.6) is 0 Å². The number of carbonyl (C=O) groups excluding carboxylic acids is 1. The fourth-order valence-corrected chi connectivity index (χ4v) is 1.48. The number of pyridine rings is 1. The molecule has 94 valence electrons. The summed E-state index contributed by atoms with van der Waals surface area (Å²) in [6, 6.07) is 1.80. The second kappa shape index (κ2) is 7.25. The third kappa shape index (κ3) is 5.15. The molecule has 1 heterocycles. The minimum absolute atomic E-state index is 0.0704. The van der Waals surface area contributed by atoms with E-state index in [0.717, 1.165) is 5.56 Å². The van der Waals surface area contributed by atoms with Crippen LogP contribution >= 0.6 is 11.6 Å². The normalized spacial score (nSPS) is 10.3. The first kappa shape index (κ1) is 13.9. The molecule has 5 heteroatoms. The number of nitrogens with zero attached hydrogens (tertiary/aromatic N) is 1. The van der Waals surface area contributed by atoms with Gasteiger partial charge in [-0.25, -0.2) is 4.98 Å². The van der Waals surface area contributed by atoms with E-state index >= 15 is 0 Å². The first-order chi connectivity index (χ1) is 8.13. The summed E-state index contributed by atoms with van der Waals surface area (Å²) in [7, 11) is 0. The molecular weight excluding hydrogens is 240 g/mol. The standard InChI is InChI=1S/C12H17ClN2O2/c1-3-17-6-4-5-11(16)15-10-7-9(2)8-14-12(10)13/h7-8H,3-6H2,1-2H3,(H,15,16). The monoisotopic (exact) mass is 256 g/mol. The topological polar surface area (TPSA) is 51.2 Å². The molecule has 17 heavy (non-hydrogen) atoms. The number of amides is 1. The van der Waals surface area contributed by atoms with E-state index in [4.69, 9.17) is 16.3 Å². The van der Waals surface area contributed by atoms with Crippen LogP contribution in [0.4, 0.5) is 5.69 Å². The van der Waals surface area contributed by atoms with Gasteiger partial charge in [0, 0.05) is 25.8 Å². The van der Waals surface area contributed by atoms with E-state index in [0.29, 0.717) is 36.9 Å². The van der Waals surface area contributed by atoms with Gasteiger partial charge in [-0.15, -0.1) is 0 Å². The summed E-state index contributed by atoms with van der Waals surface area (Å²) in [6.07, 6.45) is 2.79. The largest absolute Gasteiger partial charge is 0.382 e. The van der Waals surface area contributed by atoms with Crippen LogP contribution in [0.1, 0.15) is 25.3 Å². The Morgan fingerprint density at radius 3 is 3.06 bits per heavy atom. The Bertz CT molecular complexity index is 383. The minimum Gasteiger partial charge on any atom is -0.382 e. The zero-order valence-corrected chi connectivity index (χ0v) is 10.9. The number of rotatable bonds is 6. The zero-order chi connectivity index (χ0) is 12.7. The predicted molar refractivity (Wildman–Crippen MR) is 68.3 cm³/mol. The Morgan fingerprint density at radius 1 is 1.59 bits per heavy atom. The fraction of sp³-hybridized carbons (Fsp3) is 0.500. The predicted octanol–water partition coefficient (Wildman–Crippen LogP) is 2.80. The van der Waals surface area contributed by atoms with Crippen molar-refractivity contribution in [1.29, 1.82) is 0 Å². The van der Waals surface area contributed by atoms with Crippen molar-refractivity contribution >= 4 is 23.2 Å². The third-order valence-corrected chi connectivity index (χ3v) is 2.45. The third-order valence-electron chi connectivity index (χ3n) is 2.15. The molecule has 0 saturated heterocycles. The van der Waals surface area contributed by atoms with Gasteiger partial charge in [-0.1, -0.05) is 11.6 Å². The number of aromatic nitrogens is 1. The van der Waals surface area contributed by atoms with E-state index in [9.17, 15) is 4.79 Å². The van der Waals surface area contributed by atoms with E-state index in [1.165, 1.54) is 0 Å². The molecule has 0 fully saturated rings. The lowest BCUT2D eigenvalue weighted by atomic mass is 10.2. The van der Waals surface area contributed by atoms with Crippen LogP contribution in [-0.2, 0) is 9.53 Å². The highest BCUT2D eigenvalue weighted by molar-refractivity contribution is 6.32. The number of nitrogens with one attached hydrogen (secondary N) is 1. The number of ether oxygens (including phenoxy) is 1. The van der Waals surface area contributed by atoms with E-state index in [-0.39, 0.29) is 5.91 Å². The molecule has 1 amide bonds. The van der Waals surface area contributed by atoms with Gasteiger partial charge < -0.3 is 10.1 Å². The Labute approximate surface area is 106 Å².